The number of alkyl halides is 1. The van der Waals surface area contributed by atoms with Gasteiger partial charge in [-0.25, -0.2) is 0 Å². The van der Waals surface area contributed by atoms with Crippen LogP contribution in [0.5, 0.6) is 11.5 Å². The number of hydrogen-bond acceptors (Lipinski definition) is 1. The van der Waals surface area contributed by atoms with E-state index in [0.29, 0.717) is 5.88 Å². The topological polar surface area (TPSA) is 9.23 Å². The van der Waals surface area contributed by atoms with Crippen LogP contribution in [0.1, 0.15) is 5.56 Å². The molecule has 0 radical (unpaired) electrons. The first-order valence-electron chi connectivity index (χ1n) is 5.36. The molecular formula is C15H13ClO. The van der Waals surface area contributed by atoms with Gasteiger partial charge < -0.3 is 4.74 Å². The minimum atomic E-state index is 0.425. The number of para-hydroxylation sites is 1. The third-order valence-electron chi connectivity index (χ3n) is 2.38. The molecule has 1 nitrogen and oxygen atoms in total. The summed E-state index contributed by atoms with van der Waals surface area (Å²) in [6.07, 6.45) is 0. The van der Waals surface area contributed by atoms with Crippen molar-refractivity contribution in [3.63, 3.8) is 0 Å². The smallest absolute Gasteiger partial charge is 0.128 e. The molecule has 17 heavy (non-hydrogen) atoms. The van der Waals surface area contributed by atoms with Crippen molar-refractivity contribution in [2.75, 3.05) is 5.88 Å². The van der Waals surface area contributed by atoms with Crippen LogP contribution >= 0.6 is 11.6 Å². The lowest BCUT2D eigenvalue weighted by Gasteiger charge is -2.07. The SMILES string of the molecule is C=C(CCl)c1cccc(Oc2ccccc2)c1. The molecule has 0 saturated carbocycles. The zero-order valence-corrected chi connectivity index (χ0v) is 10.2. The van der Waals surface area contributed by atoms with Crippen LogP contribution in [0.15, 0.2) is 61.2 Å². The Labute approximate surface area is 106 Å². The normalized spacial score (nSPS) is 9.94. The molecule has 0 heterocycles. The molecule has 0 aliphatic rings. The van der Waals surface area contributed by atoms with Gasteiger partial charge in [0.05, 0.1) is 0 Å². The molecule has 0 aliphatic heterocycles. The predicted octanol–water partition coefficient (Wildman–Crippen LogP) is 4.73. The van der Waals surface area contributed by atoms with E-state index in [1.807, 2.05) is 54.6 Å². The second-order valence-electron chi connectivity index (χ2n) is 3.68. The van der Waals surface area contributed by atoms with Crippen molar-refractivity contribution in [1.29, 1.82) is 0 Å². The van der Waals surface area contributed by atoms with E-state index < -0.39 is 0 Å². The Hall–Kier alpha value is -1.73. The lowest BCUT2D eigenvalue weighted by Crippen LogP contribution is -1.87. The molecule has 2 aromatic rings. The highest BCUT2D eigenvalue weighted by Gasteiger charge is 2.01. The van der Waals surface area contributed by atoms with Crippen LogP contribution in [0.25, 0.3) is 5.57 Å². The van der Waals surface area contributed by atoms with Gasteiger partial charge in [0.1, 0.15) is 11.5 Å². The number of benzene rings is 2. The molecule has 0 amide bonds. The van der Waals surface area contributed by atoms with Crippen LogP contribution in [-0.2, 0) is 0 Å². The zero-order valence-electron chi connectivity index (χ0n) is 9.40. The Kier molecular flexibility index (Phi) is 3.84. The summed E-state index contributed by atoms with van der Waals surface area (Å²) in [6, 6.07) is 17.4. The van der Waals surface area contributed by atoms with Crippen molar-refractivity contribution >= 4 is 17.2 Å². The van der Waals surface area contributed by atoms with Gasteiger partial charge >= 0.3 is 0 Å². The van der Waals surface area contributed by atoms with Crippen molar-refractivity contribution in [3.05, 3.63) is 66.7 Å². The minimum Gasteiger partial charge on any atom is -0.457 e. The average Bonchev–Trinajstić information content (AvgIpc) is 2.39. The summed E-state index contributed by atoms with van der Waals surface area (Å²) in [6.45, 7) is 3.90. The minimum absolute atomic E-state index is 0.425. The van der Waals surface area contributed by atoms with E-state index in [9.17, 15) is 0 Å². The number of rotatable bonds is 4. The van der Waals surface area contributed by atoms with E-state index in [4.69, 9.17) is 16.3 Å². The first-order valence-corrected chi connectivity index (χ1v) is 5.90. The highest BCUT2D eigenvalue weighted by atomic mass is 35.5. The summed E-state index contributed by atoms with van der Waals surface area (Å²) in [7, 11) is 0. The third-order valence-corrected chi connectivity index (χ3v) is 2.71. The van der Waals surface area contributed by atoms with E-state index in [1.54, 1.807) is 0 Å². The van der Waals surface area contributed by atoms with Crippen molar-refractivity contribution in [3.8, 4) is 11.5 Å². The molecule has 2 aromatic carbocycles. The fraction of sp³-hybridized carbons (Fsp3) is 0.0667. The molecular weight excluding hydrogens is 232 g/mol. The second kappa shape index (κ2) is 5.55. The second-order valence-corrected chi connectivity index (χ2v) is 3.95. The third kappa shape index (κ3) is 3.11. The maximum Gasteiger partial charge on any atom is 0.128 e. The first-order chi connectivity index (χ1) is 8.29. The van der Waals surface area contributed by atoms with Gasteiger partial charge in [0.15, 0.2) is 0 Å². The lowest BCUT2D eigenvalue weighted by atomic mass is 10.1. The molecule has 2 rings (SSSR count). The standard InChI is InChI=1S/C15H13ClO/c1-12(11-16)13-6-5-9-15(10-13)17-14-7-3-2-4-8-14/h2-10H,1,11H2. The summed E-state index contributed by atoms with van der Waals surface area (Å²) in [4.78, 5) is 0. The molecule has 0 bridgehead atoms. The van der Waals surface area contributed by atoms with Crippen LogP contribution in [0, 0.1) is 0 Å². The van der Waals surface area contributed by atoms with Gasteiger partial charge in [-0.1, -0.05) is 36.9 Å². The Morgan fingerprint density at radius 3 is 2.41 bits per heavy atom. The molecule has 0 aromatic heterocycles. The number of hydrogen-bond donors (Lipinski definition) is 0. The van der Waals surface area contributed by atoms with E-state index >= 15 is 0 Å². The Bertz CT molecular complexity index is 505. The number of halogens is 1. The van der Waals surface area contributed by atoms with E-state index in [-0.39, 0.29) is 0 Å². The van der Waals surface area contributed by atoms with Gasteiger partial charge in [-0.3, -0.25) is 0 Å². The van der Waals surface area contributed by atoms with Crippen LogP contribution in [-0.4, -0.2) is 5.88 Å². The fourth-order valence-electron chi connectivity index (χ4n) is 1.48. The number of allylic oxidation sites excluding steroid dienone is 1. The van der Waals surface area contributed by atoms with Gasteiger partial charge in [0.2, 0.25) is 0 Å². The molecule has 0 unspecified atom stereocenters. The molecule has 0 atom stereocenters. The van der Waals surface area contributed by atoms with Crippen molar-refractivity contribution in [2.45, 2.75) is 0 Å². The summed E-state index contributed by atoms with van der Waals surface area (Å²) in [5.74, 6) is 2.04. The van der Waals surface area contributed by atoms with Gasteiger partial charge in [0, 0.05) is 5.88 Å². The maximum atomic E-state index is 5.76. The Balaban J connectivity index is 2.20. The van der Waals surface area contributed by atoms with Gasteiger partial charge in [-0.05, 0) is 35.4 Å². The Morgan fingerprint density at radius 2 is 1.71 bits per heavy atom. The quantitative estimate of drug-likeness (QED) is 0.707. The van der Waals surface area contributed by atoms with Crippen LogP contribution in [0.3, 0.4) is 0 Å². The van der Waals surface area contributed by atoms with Crippen molar-refractivity contribution in [1.82, 2.24) is 0 Å². The summed E-state index contributed by atoms with van der Waals surface area (Å²) in [5.41, 5.74) is 1.90. The van der Waals surface area contributed by atoms with Crippen LogP contribution < -0.4 is 4.74 Å². The molecule has 2 heteroatoms. The van der Waals surface area contributed by atoms with Gasteiger partial charge in [-0.15, -0.1) is 11.6 Å². The molecule has 0 aliphatic carbocycles. The summed E-state index contributed by atoms with van der Waals surface area (Å²) < 4.78 is 5.73. The van der Waals surface area contributed by atoms with Gasteiger partial charge in [-0.2, -0.15) is 0 Å². The monoisotopic (exact) mass is 244 g/mol. The van der Waals surface area contributed by atoms with E-state index in [0.717, 1.165) is 22.6 Å². The molecule has 86 valence electrons. The molecule has 0 N–H and O–H groups in total. The zero-order chi connectivity index (χ0) is 12.1. The van der Waals surface area contributed by atoms with Gasteiger partial charge in [0.25, 0.3) is 0 Å². The molecule has 0 fully saturated rings. The van der Waals surface area contributed by atoms with Crippen LogP contribution in [0.2, 0.25) is 0 Å². The lowest BCUT2D eigenvalue weighted by molar-refractivity contribution is 0.482. The highest BCUT2D eigenvalue weighted by Crippen LogP contribution is 2.24. The van der Waals surface area contributed by atoms with Crippen molar-refractivity contribution in [2.24, 2.45) is 0 Å². The fourth-order valence-corrected chi connectivity index (χ4v) is 1.64. The van der Waals surface area contributed by atoms with E-state index in [1.165, 1.54) is 0 Å². The Morgan fingerprint density at radius 1 is 1.00 bits per heavy atom. The molecule has 0 saturated heterocycles. The predicted molar refractivity (Wildman–Crippen MR) is 72.7 cm³/mol. The maximum absolute atomic E-state index is 5.76. The first kappa shape index (κ1) is 11.7. The highest BCUT2D eigenvalue weighted by molar-refractivity contribution is 6.23. The number of ether oxygens (including phenoxy) is 1. The summed E-state index contributed by atoms with van der Waals surface area (Å²) >= 11 is 5.76. The van der Waals surface area contributed by atoms with Crippen molar-refractivity contribution < 1.29 is 4.74 Å². The largest absolute Gasteiger partial charge is 0.457 e. The average molecular weight is 245 g/mol. The van der Waals surface area contributed by atoms with E-state index in [2.05, 4.69) is 6.58 Å². The summed E-state index contributed by atoms with van der Waals surface area (Å²) in [5, 5.41) is 0. The van der Waals surface area contributed by atoms with Crippen LogP contribution in [0.4, 0.5) is 0 Å². The molecule has 0 spiro atoms.